The summed E-state index contributed by atoms with van der Waals surface area (Å²) in [6, 6.07) is 13.1. The van der Waals surface area contributed by atoms with Gasteiger partial charge in [0, 0.05) is 18.0 Å². The Bertz CT molecular complexity index is 1260. The van der Waals surface area contributed by atoms with Crippen LogP contribution in [0, 0.1) is 0 Å². The van der Waals surface area contributed by atoms with E-state index in [4.69, 9.17) is 4.74 Å². The topological polar surface area (TPSA) is 131 Å². The van der Waals surface area contributed by atoms with Gasteiger partial charge in [-0.05, 0) is 64.1 Å². The second-order valence-corrected chi connectivity index (χ2v) is 7.78. The molecule has 2 aromatic heterocycles. The van der Waals surface area contributed by atoms with Gasteiger partial charge in [-0.3, -0.25) is 5.32 Å². The van der Waals surface area contributed by atoms with Crippen LogP contribution in [0.4, 0.5) is 16.4 Å². The van der Waals surface area contributed by atoms with Gasteiger partial charge in [0.25, 0.3) is 0 Å². The van der Waals surface area contributed by atoms with E-state index in [9.17, 15) is 4.79 Å². The fourth-order valence-electron chi connectivity index (χ4n) is 3.98. The zero-order chi connectivity index (χ0) is 22.6. The van der Waals surface area contributed by atoms with Gasteiger partial charge in [-0.25, -0.2) is 19.9 Å². The van der Waals surface area contributed by atoms with Gasteiger partial charge >= 0.3 is 6.03 Å². The van der Waals surface area contributed by atoms with Crippen LogP contribution in [0.1, 0.15) is 31.2 Å². The van der Waals surface area contributed by atoms with E-state index in [1.807, 2.05) is 30.3 Å². The molecule has 1 atom stereocenters. The summed E-state index contributed by atoms with van der Waals surface area (Å²) in [5.74, 6) is 1.74. The molecule has 5 rings (SSSR count). The maximum atomic E-state index is 12.7. The fraction of sp³-hybridized carbons (Fsp3) is 0.217. The standard InChI is InChI=1S/C23H22N8O2/c1-14-6-4-11-33-20-18(14)12-15(16-7-2-3-8-17(16)21-28-30-31-29-21)13-19(20)26-23(32)27-22-24-9-5-10-25-22/h2-3,5,7-10,12-14H,4,6,11H2,1H3,(H,28,29,30,31)(H2,24,25,26,27,32). The molecular formula is C23H22N8O2. The van der Waals surface area contributed by atoms with Gasteiger partial charge in [0.2, 0.25) is 5.95 Å². The zero-order valence-corrected chi connectivity index (χ0v) is 17.9. The zero-order valence-electron chi connectivity index (χ0n) is 17.9. The van der Waals surface area contributed by atoms with E-state index in [1.165, 1.54) is 0 Å². The van der Waals surface area contributed by atoms with Gasteiger partial charge < -0.3 is 10.1 Å². The molecule has 0 radical (unpaired) electrons. The number of fused-ring (bicyclic) bond motifs is 1. The summed E-state index contributed by atoms with van der Waals surface area (Å²) in [5, 5.41) is 19.9. The summed E-state index contributed by atoms with van der Waals surface area (Å²) in [5.41, 5.74) is 4.34. The molecule has 1 unspecified atom stereocenters. The Morgan fingerprint density at radius 1 is 1.09 bits per heavy atom. The van der Waals surface area contributed by atoms with Gasteiger partial charge in [0.05, 0.1) is 12.3 Å². The Morgan fingerprint density at radius 2 is 1.91 bits per heavy atom. The summed E-state index contributed by atoms with van der Waals surface area (Å²) in [6.07, 6.45) is 5.06. The molecule has 0 spiro atoms. The number of aromatic nitrogens is 6. The van der Waals surface area contributed by atoms with Crippen LogP contribution >= 0.6 is 0 Å². The first-order chi connectivity index (χ1) is 16.2. The lowest BCUT2D eigenvalue weighted by Gasteiger charge is -2.19. The van der Waals surface area contributed by atoms with Crippen LogP contribution in [-0.4, -0.2) is 43.2 Å². The predicted molar refractivity (Wildman–Crippen MR) is 123 cm³/mol. The maximum Gasteiger partial charge on any atom is 0.326 e. The van der Waals surface area contributed by atoms with Crippen molar-refractivity contribution in [1.82, 2.24) is 30.6 Å². The van der Waals surface area contributed by atoms with E-state index >= 15 is 0 Å². The number of hydrogen-bond donors (Lipinski definition) is 3. The summed E-state index contributed by atoms with van der Waals surface area (Å²) < 4.78 is 6.08. The monoisotopic (exact) mass is 442 g/mol. The van der Waals surface area contributed by atoms with Crippen LogP contribution < -0.4 is 15.4 Å². The highest BCUT2D eigenvalue weighted by Gasteiger charge is 2.23. The number of rotatable bonds is 4. The molecule has 2 amide bonds. The first-order valence-corrected chi connectivity index (χ1v) is 10.7. The minimum Gasteiger partial charge on any atom is -0.491 e. The highest BCUT2D eigenvalue weighted by Crippen LogP contribution is 2.43. The van der Waals surface area contributed by atoms with Gasteiger partial charge in [-0.1, -0.05) is 31.2 Å². The van der Waals surface area contributed by atoms with Gasteiger partial charge in [-0.15, -0.1) is 5.10 Å². The summed E-state index contributed by atoms with van der Waals surface area (Å²) in [6.45, 7) is 2.76. The number of nitrogens with zero attached hydrogens (tertiary/aromatic N) is 5. The molecule has 0 aliphatic carbocycles. The Labute approximate surface area is 189 Å². The second kappa shape index (κ2) is 9.03. The van der Waals surface area contributed by atoms with E-state index in [2.05, 4.69) is 54.2 Å². The molecule has 4 aromatic rings. The molecule has 3 N–H and O–H groups in total. The first-order valence-electron chi connectivity index (χ1n) is 10.7. The number of urea groups is 1. The number of carbonyl (C=O) groups excluding carboxylic acids is 1. The number of hydrogen-bond acceptors (Lipinski definition) is 7. The number of amides is 2. The molecule has 0 saturated heterocycles. The molecule has 0 fully saturated rings. The van der Waals surface area contributed by atoms with Gasteiger partial charge in [0.1, 0.15) is 5.75 Å². The molecule has 0 saturated carbocycles. The first kappa shape index (κ1) is 20.6. The van der Waals surface area contributed by atoms with Crippen molar-refractivity contribution in [3.8, 4) is 28.3 Å². The minimum absolute atomic E-state index is 0.217. The lowest BCUT2D eigenvalue weighted by molar-refractivity contribution is 0.261. The highest BCUT2D eigenvalue weighted by atomic mass is 16.5. The molecule has 33 heavy (non-hydrogen) atoms. The SMILES string of the molecule is CC1CCCOc2c(NC(=O)Nc3ncccn3)cc(-c3ccccc3-c3nnn[nH]3)cc21. The molecular weight excluding hydrogens is 420 g/mol. The third-order valence-electron chi connectivity index (χ3n) is 5.55. The molecule has 3 heterocycles. The largest absolute Gasteiger partial charge is 0.491 e. The number of nitrogens with one attached hydrogen (secondary N) is 3. The number of benzene rings is 2. The number of carbonyl (C=O) groups is 1. The van der Waals surface area contributed by atoms with E-state index in [-0.39, 0.29) is 11.9 Å². The molecule has 1 aliphatic heterocycles. The summed E-state index contributed by atoms with van der Waals surface area (Å²) in [4.78, 5) is 20.8. The average molecular weight is 442 g/mol. The number of anilines is 2. The Morgan fingerprint density at radius 3 is 2.70 bits per heavy atom. The molecule has 10 heteroatoms. The third kappa shape index (κ3) is 4.36. The van der Waals surface area contributed by atoms with Crippen LogP contribution in [0.2, 0.25) is 0 Å². The fourth-order valence-corrected chi connectivity index (χ4v) is 3.98. The van der Waals surface area contributed by atoms with Crippen molar-refractivity contribution in [2.75, 3.05) is 17.2 Å². The van der Waals surface area contributed by atoms with Crippen LogP contribution in [0.15, 0.2) is 54.9 Å². The Balaban J connectivity index is 1.57. The van der Waals surface area contributed by atoms with Crippen molar-refractivity contribution < 1.29 is 9.53 Å². The van der Waals surface area contributed by atoms with Crippen LogP contribution in [0.3, 0.4) is 0 Å². The molecule has 166 valence electrons. The molecule has 0 bridgehead atoms. The summed E-state index contributed by atoms with van der Waals surface area (Å²) >= 11 is 0. The molecule has 2 aromatic carbocycles. The maximum absolute atomic E-state index is 12.7. The van der Waals surface area contributed by atoms with Crippen molar-refractivity contribution in [3.05, 3.63) is 60.4 Å². The second-order valence-electron chi connectivity index (χ2n) is 7.78. The van der Waals surface area contributed by atoms with Gasteiger partial charge in [-0.2, -0.15) is 0 Å². The lowest BCUT2D eigenvalue weighted by atomic mass is 9.90. The van der Waals surface area contributed by atoms with E-state index < -0.39 is 6.03 Å². The van der Waals surface area contributed by atoms with Crippen molar-refractivity contribution in [1.29, 1.82) is 0 Å². The quantitative estimate of drug-likeness (QED) is 0.431. The minimum atomic E-state index is -0.450. The van der Waals surface area contributed by atoms with Crippen molar-refractivity contribution in [3.63, 3.8) is 0 Å². The lowest BCUT2D eigenvalue weighted by Crippen LogP contribution is -2.21. The number of aromatic amines is 1. The number of tetrazole rings is 1. The average Bonchev–Trinajstić information content (AvgIpc) is 3.31. The summed E-state index contributed by atoms with van der Waals surface area (Å²) in [7, 11) is 0. The van der Waals surface area contributed by atoms with Crippen molar-refractivity contribution in [2.24, 2.45) is 0 Å². The smallest absolute Gasteiger partial charge is 0.326 e. The number of ether oxygens (including phenoxy) is 1. The van der Waals surface area contributed by atoms with E-state index in [0.717, 1.165) is 35.1 Å². The normalized spacial score (nSPS) is 15.1. The van der Waals surface area contributed by atoms with E-state index in [1.54, 1.807) is 18.5 Å². The third-order valence-corrected chi connectivity index (χ3v) is 5.55. The Hall–Kier alpha value is -4.34. The van der Waals surface area contributed by atoms with Crippen molar-refractivity contribution in [2.45, 2.75) is 25.7 Å². The Kier molecular flexibility index (Phi) is 5.62. The van der Waals surface area contributed by atoms with Gasteiger partial charge in [0.15, 0.2) is 5.82 Å². The van der Waals surface area contributed by atoms with Crippen LogP contribution in [0.25, 0.3) is 22.5 Å². The number of H-pyrrole nitrogens is 1. The van der Waals surface area contributed by atoms with Crippen molar-refractivity contribution >= 4 is 17.7 Å². The molecule has 10 nitrogen and oxygen atoms in total. The van der Waals surface area contributed by atoms with E-state index in [0.29, 0.717) is 23.9 Å². The highest BCUT2D eigenvalue weighted by molar-refractivity contribution is 6.00. The molecule has 1 aliphatic rings. The predicted octanol–water partition coefficient (Wildman–Crippen LogP) is 4.24. The van der Waals surface area contributed by atoms with Crippen LogP contribution in [0.5, 0.6) is 5.75 Å². The van der Waals surface area contributed by atoms with Crippen LogP contribution in [-0.2, 0) is 0 Å².